The Hall–Kier alpha value is -1.13. The Kier molecular flexibility index (Phi) is 2.99. The molecule has 0 aromatic carbocycles. The molecule has 1 saturated heterocycles. The summed E-state index contributed by atoms with van der Waals surface area (Å²) in [6.07, 6.45) is 1.99. The molecule has 0 spiro atoms. The Labute approximate surface area is 111 Å². The first-order valence-electron chi connectivity index (χ1n) is 6.27. The molecule has 4 nitrogen and oxygen atoms in total. The van der Waals surface area contributed by atoms with Crippen molar-refractivity contribution in [1.29, 1.82) is 0 Å². The number of hydrogen-bond donors (Lipinski definition) is 0. The minimum atomic E-state index is 0.398. The lowest BCUT2D eigenvalue weighted by molar-refractivity contribution is 0.0836. The molecular formula is C13H16ClN3O. The second-order valence-electron chi connectivity index (χ2n) is 4.87. The molecule has 0 amide bonds. The summed E-state index contributed by atoms with van der Waals surface area (Å²) in [5.74, 6) is 1.29. The summed E-state index contributed by atoms with van der Waals surface area (Å²) >= 11 is 6.32. The zero-order valence-electron chi connectivity index (χ0n) is 10.6. The number of hydrogen-bond acceptors (Lipinski definition) is 3. The van der Waals surface area contributed by atoms with E-state index in [1.807, 2.05) is 19.9 Å². The van der Waals surface area contributed by atoms with Gasteiger partial charge in [-0.15, -0.1) is 5.10 Å². The molecule has 1 aliphatic heterocycles. The van der Waals surface area contributed by atoms with Gasteiger partial charge in [-0.3, -0.25) is 0 Å². The number of pyridine rings is 1. The molecule has 0 bridgehead atoms. The van der Waals surface area contributed by atoms with E-state index < -0.39 is 0 Å². The molecule has 0 saturated carbocycles. The predicted octanol–water partition coefficient (Wildman–Crippen LogP) is 2.89. The number of fused-ring (bicyclic) bond motifs is 1. The van der Waals surface area contributed by atoms with Crippen LogP contribution in [0.4, 0.5) is 0 Å². The Morgan fingerprint density at radius 3 is 2.78 bits per heavy atom. The van der Waals surface area contributed by atoms with E-state index >= 15 is 0 Å². The van der Waals surface area contributed by atoms with Crippen molar-refractivity contribution in [2.75, 3.05) is 13.2 Å². The van der Waals surface area contributed by atoms with Gasteiger partial charge in [-0.25, -0.2) is 9.50 Å². The lowest BCUT2D eigenvalue weighted by Gasteiger charge is -2.18. The average molecular weight is 266 g/mol. The van der Waals surface area contributed by atoms with Crippen molar-refractivity contribution in [3.05, 3.63) is 28.2 Å². The minimum absolute atomic E-state index is 0.398. The molecule has 0 unspecified atom stereocenters. The van der Waals surface area contributed by atoms with E-state index in [2.05, 4.69) is 10.1 Å². The van der Waals surface area contributed by atoms with Gasteiger partial charge in [-0.05, 0) is 43.9 Å². The van der Waals surface area contributed by atoms with Crippen LogP contribution in [0.3, 0.4) is 0 Å². The van der Waals surface area contributed by atoms with Crippen molar-refractivity contribution in [2.24, 2.45) is 0 Å². The number of ether oxygens (including phenoxy) is 1. The molecule has 3 rings (SSSR count). The number of rotatable bonds is 1. The van der Waals surface area contributed by atoms with Crippen LogP contribution in [-0.4, -0.2) is 27.8 Å². The number of aromatic nitrogens is 3. The van der Waals surface area contributed by atoms with Gasteiger partial charge >= 0.3 is 0 Å². The maximum Gasteiger partial charge on any atom is 0.157 e. The average Bonchev–Trinajstić information content (AvgIpc) is 2.81. The molecular weight excluding hydrogens is 250 g/mol. The SMILES string of the molecule is Cc1cc2nc(C3CCOCC3)nn2c(Cl)c1C. The van der Waals surface area contributed by atoms with Crippen molar-refractivity contribution in [3.8, 4) is 0 Å². The fourth-order valence-corrected chi connectivity index (χ4v) is 2.60. The van der Waals surface area contributed by atoms with E-state index in [-0.39, 0.29) is 0 Å². The van der Waals surface area contributed by atoms with Gasteiger partial charge in [0.2, 0.25) is 0 Å². The van der Waals surface area contributed by atoms with Gasteiger partial charge in [0, 0.05) is 19.1 Å². The Balaban J connectivity index is 2.07. The maximum absolute atomic E-state index is 6.32. The van der Waals surface area contributed by atoms with Gasteiger partial charge in [-0.1, -0.05) is 11.6 Å². The lowest BCUT2D eigenvalue weighted by Crippen LogP contribution is -2.15. The van der Waals surface area contributed by atoms with Gasteiger partial charge in [-0.2, -0.15) is 0 Å². The van der Waals surface area contributed by atoms with Crippen LogP contribution in [0.25, 0.3) is 5.65 Å². The molecule has 1 fully saturated rings. The van der Waals surface area contributed by atoms with Crippen LogP contribution < -0.4 is 0 Å². The second-order valence-corrected chi connectivity index (χ2v) is 5.23. The quantitative estimate of drug-likeness (QED) is 0.745. The molecule has 0 N–H and O–H groups in total. The predicted molar refractivity (Wildman–Crippen MR) is 70.3 cm³/mol. The van der Waals surface area contributed by atoms with E-state index in [0.717, 1.165) is 48.7 Å². The van der Waals surface area contributed by atoms with E-state index in [1.165, 1.54) is 0 Å². The van der Waals surface area contributed by atoms with Crippen LogP contribution in [0.15, 0.2) is 6.07 Å². The smallest absolute Gasteiger partial charge is 0.157 e. The molecule has 0 atom stereocenters. The molecule has 0 aliphatic carbocycles. The van der Waals surface area contributed by atoms with Gasteiger partial charge < -0.3 is 4.74 Å². The Bertz CT molecular complexity index is 587. The first kappa shape index (κ1) is 11.9. The van der Waals surface area contributed by atoms with Crippen LogP contribution >= 0.6 is 11.6 Å². The van der Waals surface area contributed by atoms with Gasteiger partial charge in [0.05, 0.1) is 0 Å². The van der Waals surface area contributed by atoms with Crippen LogP contribution in [0, 0.1) is 13.8 Å². The largest absolute Gasteiger partial charge is 0.381 e. The first-order chi connectivity index (χ1) is 8.66. The maximum atomic E-state index is 6.32. The van der Waals surface area contributed by atoms with E-state index in [9.17, 15) is 0 Å². The highest BCUT2D eigenvalue weighted by molar-refractivity contribution is 6.30. The van der Waals surface area contributed by atoms with Crippen LogP contribution in [0.5, 0.6) is 0 Å². The third kappa shape index (κ3) is 1.89. The summed E-state index contributed by atoms with van der Waals surface area (Å²) < 4.78 is 7.11. The minimum Gasteiger partial charge on any atom is -0.381 e. The second kappa shape index (κ2) is 4.52. The van der Waals surface area contributed by atoms with Gasteiger partial charge in [0.1, 0.15) is 5.15 Å². The molecule has 18 heavy (non-hydrogen) atoms. The van der Waals surface area contributed by atoms with Crippen molar-refractivity contribution in [2.45, 2.75) is 32.6 Å². The molecule has 2 aromatic rings. The fourth-order valence-electron chi connectivity index (χ4n) is 2.33. The highest BCUT2D eigenvalue weighted by Crippen LogP contribution is 2.27. The van der Waals surface area contributed by atoms with E-state index in [4.69, 9.17) is 16.3 Å². The standard InChI is InChI=1S/C13H16ClN3O/c1-8-7-11-15-13(10-3-5-18-6-4-10)16-17(11)12(14)9(8)2/h7,10H,3-6H2,1-2H3. The molecule has 0 radical (unpaired) electrons. The highest BCUT2D eigenvalue weighted by Gasteiger charge is 2.21. The van der Waals surface area contributed by atoms with E-state index in [1.54, 1.807) is 4.52 Å². The molecule has 5 heteroatoms. The summed E-state index contributed by atoms with van der Waals surface area (Å²) in [7, 11) is 0. The zero-order chi connectivity index (χ0) is 12.7. The number of aryl methyl sites for hydroxylation is 1. The first-order valence-corrected chi connectivity index (χ1v) is 6.64. The normalized spacial score (nSPS) is 17.5. The van der Waals surface area contributed by atoms with Crippen LogP contribution in [0.1, 0.15) is 35.7 Å². The summed E-state index contributed by atoms with van der Waals surface area (Å²) in [4.78, 5) is 4.61. The van der Waals surface area contributed by atoms with Crippen molar-refractivity contribution in [3.63, 3.8) is 0 Å². The van der Waals surface area contributed by atoms with Crippen molar-refractivity contribution in [1.82, 2.24) is 14.6 Å². The Morgan fingerprint density at radius 1 is 1.33 bits per heavy atom. The third-order valence-corrected chi connectivity index (χ3v) is 4.11. The molecule has 96 valence electrons. The van der Waals surface area contributed by atoms with Gasteiger partial charge in [0.25, 0.3) is 0 Å². The number of halogens is 1. The third-order valence-electron chi connectivity index (χ3n) is 3.67. The van der Waals surface area contributed by atoms with Crippen molar-refractivity contribution < 1.29 is 4.74 Å². The van der Waals surface area contributed by atoms with Crippen LogP contribution in [0.2, 0.25) is 5.15 Å². The molecule has 3 heterocycles. The monoisotopic (exact) mass is 265 g/mol. The lowest BCUT2D eigenvalue weighted by atomic mass is 10.00. The fraction of sp³-hybridized carbons (Fsp3) is 0.538. The van der Waals surface area contributed by atoms with Crippen molar-refractivity contribution >= 4 is 17.2 Å². The van der Waals surface area contributed by atoms with E-state index in [0.29, 0.717) is 11.1 Å². The summed E-state index contributed by atoms with van der Waals surface area (Å²) in [5.41, 5.74) is 3.05. The van der Waals surface area contributed by atoms with Gasteiger partial charge in [0.15, 0.2) is 11.5 Å². The number of nitrogens with zero attached hydrogens (tertiary/aromatic N) is 3. The zero-order valence-corrected chi connectivity index (χ0v) is 11.4. The van der Waals surface area contributed by atoms with Crippen LogP contribution in [-0.2, 0) is 4.74 Å². The topological polar surface area (TPSA) is 39.4 Å². The Morgan fingerprint density at radius 2 is 2.06 bits per heavy atom. The summed E-state index contributed by atoms with van der Waals surface area (Å²) in [6, 6.07) is 2.04. The summed E-state index contributed by atoms with van der Waals surface area (Å²) in [6.45, 7) is 5.65. The summed E-state index contributed by atoms with van der Waals surface area (Å²) in [5, 5.41) is 5.22. The molecule has 2 aromatic heterocycles. The molecule has 1 aliphatic rings. The highest BCUT2D eigenvalue weighted by atomic mass is 35.5.